The Hall–Kier alpha value is -8.34. The molecule has 0 atom stereocenters. The van der Waals surface area contributed by atoms with Gasteiger partial charge >= 0.3 is 0 Å². The number of fused-ring (bicyclic) bond motifs is 6. The summed E-state index contributed by atoms with van der Waals surface area (Å²) in [5.41, 5.74) is 20.2. The molecular formula is C66H47IrN4-. The number of aromatic nitrogens is 4. The molecule has 0 saturated heterocycles. The summed E-state index contributed by atoms with van der Waals surface area (Å²) >= 11 is 0. The van der Waals surface area contributed by atoms with Crippen LogP contribution in [0.15, 0.2) is 249 Å². The first-order valence-electron chi connectivity index (χ1n) is 23.8. The molecule has 1 aliphatic carbocycles. The normalized spacial score (nSPS) is 12.1. The molecule has 3 heterocycles. The minimum absolute atomic E-state index is 0. The molecule has 0 unspecified atom stereocenters. The number of nitrogens with zero attached hydrogens (tertiary/aromatic N) is 4. The molecule has 0 aliphatic heterocycles. The quantitative estimate of drug-likeness (QED) is 0.149. The average Bonchev–Trinajstić information content (AvgIpc) is 3.89. The van der Waals surface area contributed by atoms with E-state index < -0.39 is 0 Å². The Morgan fingerprint density at radius 2 is 0.944 bits per heavy atom. The second kappa shape index (κ2) is 19.2. The second-order valence-corrected chi connectivity index (χ2v) is 18.3. The molecule has 0 spiro atoms. The zero-order valence-corrected chi connectivity index (χ0v) is 41.7. The maximum absolute atomic E-state index is 5.27. The fraction of sp³-hybridized carbons (Fsp3) is 0.0455. The summed E-state index contributed by atoms with van der Waals surface area (Å²) in [5, 5.41) is 2.46. The van der Waals surface area contributed by atoms with Crippen molar-refractivity contribution in [3.05, 3.63) is 266 Å². The molecule has 0 fully saturated rings. The Kier molecular flexibility index (Phi) is 12.2. The maximum Gasteiger partial charge on any atom is 0.160 e. The summed E-state index contributed by atoms with van der Waals surface area (Å²) in [6, 6.07) is 88.6. The van der Waals surface area contributed by atoms with Crippen LogP contribution in [0, 0.1) is 6.07 Å². The SMILES string of the molecule is CC1(C)c2ccccc2-c2ccc(-c3cc(-c4nc(-c5ccccc5)cc(-c5ccccc5)n4)cc(-n4c5ccccc5c5ccccc54)c3)cc21.[Ir].[c-]1ccc(-c2ccccc2)cc1-c1ccccn1. The number of para-hydroxylation sites is 2. The van der Waals surface area contributed by atoms with Gasteiger partial charge in [0, 0.05) is 64.9 Å². The van der Waals surface area contributed by atoms with Crippen LogP contribution < -0.4 is 0 Å². The molecule has 12 aromatic rings. The van der Waals surface area contributed by atoms with Gasteiger partial charge < -0.3 is 9.55 Å². The van der Waals surface area contributed by atoms with Gasteiger partial charge in [-0.25, -0.2) is 9.97 Å². The van der Waals surface area contributed by atoms with Crippen LogP contribution in [-0.4, -0.2) is 19.5 Å². The van der Waals surface area contributed by atoms with E-state index in [1.54, 1.807) is 6.20 Å². The van der Waals surface area contributed by atoms with Gasteiger partial charge in [0.25, 0.3) is 0 Å². The third-order valence-electron chi connectivity index (χ3n) is 13.6. The van der Waals surface area contributed by atoms with Crippen molar-refractivity contribution in [2.24, 2.45) is 0 Å². The van der Waals surface area contributed by atoms with Gasteiger partial charge in [0.15, 0.2) is 5.82 Å². The summed E-state index contributed by atoms with van der Waals surface area (Å²) in [7, 11) is 0. The van der Waals surface area contributed by atoms with E-state index in [1.165, 1.54) is 60.8 Å². The van der Waals surface area contributed by atoms with Crippen LogP contribution in [0.1, 0.15) is 25.0 Å². The van der Waals surface area contributed by atoms with Crippen molar-refractivity contribution in [1.82, 2.24) is 19.5 Å². The zero-order valence-electron chi connectivity index (χ0n) is 39.3. The summed E-state index contributed by atoms with van der Waals surface area (Å²) in [4.78, 5) is 14.9. The standard InChI is InChI=1S/C49H35N3.C17H12N.Ir/c1-49(2)42-22-12-9-19-38(42)39-26-25-34(30-43(39)49)35-27-36(29-37(28-35)52-46-23-13-10-20-40(46)41-21-11-14-24-47(41)52)48-50-44(32-15-5-3-6-16-32)31-45(51-48)33-17-7-4-8-18-33;1-2-7-14(8-3-1)15-9-6-10-16(13-15)17-11-4-5-12-18-17;/h3-31H,1-2H3;1-9,11-13H;/q;-1;. The monoisotopic (exact) mass is 1090 g/mol. The first kappa shape index (κ1) is 45.1. The molecule has 9 aromatic carbocycles. The van der Waals surface area contributed by atoms with Crippen molar-refractivity contribution in [2.75, 3.05) is 0 Å². The molecule has 341 valence electrons. The summed E-state index contributed by atoms with van der Waals surface area (Å²) < 4.78 is 2.39. The molecule has 4 nitrogen and oxygen atoms in total. The smallest absolute Gasteiger partial charge is 0.160 e. The van der Waals surface area contributed by atoms with Crippen molar-refractivity contribution >= 4 is 21.8 Å². The Morgan fingerprint density at radius 3 is 1.59 bits per heavy atom. The molecule has 0 saturated carbocycles. The van der Waals surface area contributed by atoms with E-state index in [1.807, 2.05) is 54.6 Å². The van der Waals surface area contributed by atoms with Crippen LogP contribution in [0.3, 0.4) is 0 Å². The van der Waals surface area contributed by atoms with Gasteiger partial charge in [0.05, 0.1) is 22.4 Å². The third kappa shape index (κ3) is 8.61. The van der Waals surface area contributed by atoms with Gasteiger partial charge in [-0.3, -0.25) is 0 Å². The fourth-order valence-electron chi connectivity index (χ4n) is 10.2. The van der Waals surface area contributed by atoms with Crippen LogP contribution in [0.25, 0.3) is 106 Å². The molecule has 0 amide bonds. The molecule has 0 bridgehead atoms. The van der Waals surface area contributed by atoms with Crippen LogP contribution in [0.4, 0.5) is 0 Å². The minimum Gasteiger partial charge on any atom is -0.309 e. The van der Waals surface area contributed by atoms with Crippen molar-refractivity contribution in [2.45, 2.75) is 19.3 Å². The van der Waals surface area contributed by atoms with Gasteiger partial charge in [-0.1, -0.05) is 190 Å². The first-order valence-corrected chi connectivity index (χ1v) is 23.8. The first-order chi connectivity index (χ1) is 34.5. The molecule has 3 aromatic heterocycles. The second-order valence-electron chi connectivity index (χ2n) is 18.3. The maximum atomic E-state index is 5.27. The predicted octanol–water partition coefficient (Wildman–Crippen LogP) is 16.8. The van der Waals surface area contributed by atoms with Gasteiger partial charge in [0.2, 0.25) is 0 Å². The summed E-state index contributed by atoms with van der Waals surface area (Å²) in [6.07, 6.45) is 1.80. The molecule has 1 aliphatic rings. The molecule has 5 heteroatoms. The van der Waals surface area contributed by atoms with E-state index >= 15 is 0 Å². The van der Waals surface area contributed by atoms with Crippen molar-refractivity contribution in [1.29, 1.82) is 0 Å². The van der Waals surface area contributed by atoms with E-state index in [9.17, 15) is 0 Å². The van der Waals surface area contributed by atoms with E-state index in [-0.39, 0.29) is 25.5 Å². The van der Waals surface area contributed by atoms with Crippen LogP contribution in [0.2, 0.25) is 0 Å². The summed E-state index contributed by atoms with van der Waals surface area (Å²) in [5.74, 6) is 0.693. The van der Waals surface area contributed by atoms with E-state index in [4.69, 9.17) is 9.97 Å². The van der Waals surface area contributed by atoms with Crippen molar-refractivity contribution in [3.63, 3.8) is 0 Å². The molecule has 0 N–H and O–H groups in total. The predicted molar refractivity (Wildman–Crippen MR) is 290 cm³/mol. The Labute approximate surface area is 428 Å². The number of pyridine rings is 1. The van der Waals surface area contributed by atoms with Gasteiger partial charge in [-0.05, 0) is 93.2 Å². The third-order valence-corrected chi connectivity index (χ3v) is 13.6. The van der Waals surface area contributed by atoms with E-state index in [0.29, 0.717) is 5.82 Å². The largest absolute Gasteiger partial charge is 0.309 e. The van der Waals surface area contributed by atoms with Crippen molar-refractivity contribution < 1.29 is 20.1 Å². The van der Waals surface area contributed by atoms with E-state index in [0.717, 1.165) is 50.6 Å². The average molecular weight is 1090 g/mol. The Bertz CT molecular complexity index is 3680. The van der Waals surface area contributed by atoms with Crippen LogP contribution in [-0.2, 0) is 25.5 Å². The molecule has 13 rings (SSSR count). The number of rotatable bonds is 7. The fourth-order valence-corrected chi connectivity index (χ4v) is 10.2. The molecular weight excluding hydrogens is 1040 g/mol. The number of hydrogen-bond acceptors (Lipinski definition) is 3. The number of benzene rings is 9. The summed E-state index contributed by atoms with van der Waals surface area (Å²) in [6.45, 7) is 4.69. The topological polar surface area (TPSA) is 43.6 Å². The van der Waals surface area contributed by atoms with Crippen molar-refractivity contribution in [3.8, 4) is 84.2 Å². The Morgan fingerprint density at radius 1 is 0.394 bits per heavy atom. The molecule has 71 heavy (non-hydrogen) atoms. The van der Waals surface area contributed by atoms with Gasteiger partial charge in [-0.15, -0.1) is 35.4 Å². The van der Waals surface area contributed by atoms with Crippen LogP contribution >= 0.6 is 0 Å². The van der Waals surface area contributed by atoms with Gasteiger partial charge in [0.1, 0.15) is 0 Å². The Balaban J connectivity index is 0.000000242. The van der Waals surface area contributed by atoms with Gasteiger partial charge in [-0.2, -0.15) is 0 Å². The van der Waals surface area contributed by atoms with E-state index in [2.05, 4.69) is 218 Å². The molecule has 1 radical (unpaired) electrons. The number of hydrogen-bond donors (Lipinski definition) is 0. The minimum atomic E-state index is -0.104. The zero-order chi connectivity index (χ0) is 47.0. The van der Waals surface area contributed by atoms with Crippen LogP contribution in [0.5, 0.6) is 0 Å².